The summed E-state index contributed by atoms with van der Waals surface area (Å²) in [5.41, 5.74) is 1.27. The first-order valence-electron chi connectivity index (χ1n) is 8.10. The first-order chi connectivity index (χ1) is 11.6. The van der Waals surface area contributed by atoms with Crippen molar-refractivity contribution in [1.29, 1.82) is 0 Å². The average Bonchev–Trinajstić information content (AvgIpc) is 2.58. The molecule has 0 saturated heterocycles. The van der Waals surface area contributed by atoms with Crippen LogP contribution in [0.15, 0.2) is 46.9 Å². The van der Waals surface area contributed by atoms with E-state index in [2.05, 4.69) is 28.2 Å². The lowest BCUT2D eigenvalue weighted by Gasteiger charge is -2.13. The maximum Gasteiger partial charge on any atom is 0.255 e. The normalized spacial score (nSPS) is 10.3. The van der Waals surface area contributed by atoms with Crippen LogP contribution >= 0.6 is 15.9 Å². The van der Waals surface area contributed by atoms with Crippen LogP contribution in [0, 0.1) is 0 Å². The van der Waals surface area contributed by atoms with Crippen molar-refractivity contribution in [3.05, 3.63) is 52.5 Å². The summed E-state index contributed by atoms with van der Waals surface area (Å²) in [5, 5.41) is 2.87. The number of hydrogen-bond acceptors (Lipinski definition) is 3. The van der Waals surface area contributed by atoms with E-state index in [9.17, 15) is 4.79 Å². The first-order valence-corrected chi connectivity index (χ1v) is 8.90. The number of unbranched alkanes of at least 4 members (excludes halogenated alkanes) is 1. The van der Waals surface area contributed by atoms with Crippen LogP contribution in [-0.4, -0.2) is 19.1 Å². The van der Waals surface area contributed by atoms with Crippen LogP contribution in [0.2, 0.25) is 0 Å². The Morgan fingerprint density at radius 3 is 2.46 bits per heavy atom. The first kappa shape index (κ1) is 18.3. The standard InChI is InChI=1S/C19H22BrNO3/c1-3-5-12-24-17-11-6-14(13-18(17)23-4-2)19(22)21-16-9-7-15(20)8-10-16/h6-11,13H,3-5,12H2,1-2H3,(H,21,22). The van der Waals surface area contributed by atoms with Crippen LogP contribution in [0.5, 0.6) is 11.5 Å². The van der Waals surface area contributed by atoms with E-state index in [1.807, 2.05) is 31.2 Å². The van der Waals surface area contributed by atoms with Gasteiger partial charge in [0.2, 0.25) is 0 Å². The van der Waals surface area contributed by atoms with Gasteiger partial charge in [0.05, 0.1) is 13.2 Å². The number of carbonyl (C=O) groups excluding carboxylic acids is 1. The van der Waals surface area contributed by atoms with Crippen LogP contribution in [0.4, 0.5) is 5.69 Å². The Labute approximate surface area is 151 Å². The van der Waals surface area contributed by atoms with Gasteiger partial charge >= 0.3 is 0 Å². The molecular formula is C19H22BrNO3. The molecule has 0 bridgehead atoms. The molecule has 0 saturated carbocycles. The van der Waals surface area contributed by atoms with Gasteiger partial charge in [-0.2, -0.15) is 0 Å². The Morgan fingerprint density at radius 2 is 1.79 bits per heavy atom. The second-order valence-corrected chi connectivity index (χ2v) is 6.17. The molecule has 2 rings (SSSR count). The predicted octanol–water partition coefficient (Wildman–Crippen LogP) is 5.28. The number of benzene rings is 2. The largest absolute Gasteiger partial charge is 0.490 e. The smallest absolute Gasteiger partial charge is 0.255 e. The van der Waals surface area contributed by atoms with Crippen LogP contribution < -0.4 is 14.8 Å². The Morgan fingerprint density at radius 1 is 1.04 bits per heavy atom. The highest BCUT2D eigenvalue weighted by atomic mass is 79.9. The molecule has 1 amide bonds. The van der Waals surface area contributed by atoms with Gasteiger partial charge in [-0.1, -0.05) is 29.3 Å². The van der Waals surface area contributed by atoms with E-state index in [1.54, 1.807) is 18.2 Å². The minimum Gasteiger partial charge on any atom is -0.490 e. The molecule has 0 aliphatic rings. The molecule has 0 aromatic heterocycles. The number of nitrogens with one attached hydrogen (secondary N) is 1. The Kier molecular flexibility index (Phi) is 7.12. The highest BCUT2D eigenvalue weighted by molar-refractivity contribution is 9.10. The lowest BCUT2D eigenvalue weighted by atomic mass is 10.1. The second kappa shape index (κ2) is 9.33. The van der Waals surface area contributed by atoms with Crippen molar-refractivity contribution in [1.82, 2.24) is 0 Å². The lowest BCUT2D eigenvalue weighted by molar-refractivity contribution is 0.102. The zero-order valence-electron chi connectivity index (χ0n) is 14.0. The van der Waals surface area contributed by atoms with E-state index >= 15 is 0 Å². The zero-order chi connectivity index (χ0) is 17.4. The van der Waals surface area contributed by atoms with Crippen LogP contribution in [0.1, 0.15) is 37.0 Å². The van der Waals surface area contributed by atoms with Crippen LogP contribution in [-0.2, 0) is 0 Å². The van der Waals surface area contributed by atoms with Gasteiger partial charge in [0.15, 0.2) is 11.5 Å². The van der Waals surface area contributed by atoms with E-state index in [1.165, 1.54) is 0 Å². The van der Waals surface area contributed by atoms with Crippen molar-refractivity contribution in [3.8, 4) is 11.5 Å². The van der Waals surface area contributed by atoms with Crippen molar-refractivity contribution < 1.29 is 14.3 Å². The van der Waals surface area contributed by atoms with Gasteiger partial charge in [-0.15, -0.1) is 0 Å². The molecule has 0 heterocycles. The van der Waals surface area contributed by atoms with E-state index in [4.69, 9.17) is 9.47 Å². The fourth-order valence-electron chi connectivity index (χ4n) is 2.10. The third-order valence-corrected chi connectivity index (χ3v) is 3.89. The molecule has 24 heavy (non-hydrogen) atoms. The van der Waals surface area contributed by atoms with Gasteiger partial charge in [0, 0.05) is 15.7 Å². The van der Waals surface area contributed by atoms with Crippen molar-refractivity contribution in [2.75, 3.05) is 18.5 Å². The maximum absolute atomic E-state index is 12.4. The minimum absolute atomic E-state index is 0.182. The van der Waals surface area contributed by atoms with Crippen LogP contribution in [0.3, 0.4) is 0 Å². The summed E-state index contributed by atoms with van der Waals surface area (Å²) in [6.45, 7) is 5.18. The zero-order valence-corrected chi connectivity index (χ0v) is 15.6. The molecule has 4 nitrogen and oxygen atoms in total. The number of carbonyl (C=O) groups is 1. The Hall–Kier alpha value is -2.01. The van der Waals surface area contributed by atoms with E-state index in [0.29, 0.717) is 30.3 Å². The fraction of sp³-hybridized carbons (Fsp3) is 0.316. The molecule has 2 aromatic carbocycles. The summed E-state index contributed by atoms with van der Waals surface area (Å²) in [7, 11) is 0. The minimum atomic E-state index is -0.182. The lowest BCUT2D eigenvalue weighted by Crippen LogP contribution is -2.12. The maximum atomic E-state index is 12.4. The summed E-state index contributed by atoms with van der Waals surface area (Å²) in [4.78, 5) is 12.4. The molecule has 0 aliphatic heterocycles. The summed E-state index contributed by atoms with van der Waals surface area (Å²) < 4.78 is 12.3. The Balaban J connectivity index is 2.12. The Bertz CT molecular complexity index is 671. The number of hydrogen-bond donors (Lipinski definition) is 1. The molecular weight excluding hydrogens is 370 g/mol. The summed E-state index contributed by atoms with van der Waals surface area (Å²) in [6.07, 6.45) is 2.05. The third-order valence-electron chi connectivity index (χ3n) is 3.36. The monoisotopic (exact) mass is 391 g/mol. The molecule has 0 atom stereocenters. The van der Waals surface area contributed by atoms with E-state index < -0.39 is 0 Å². The van der Waals surface area contributed by atoms with Gasteiger partial charge in [0.1, 0.15) is 0 Å². The highest BCUT2D eigenvalue weighted by Crippen LogP contribution is 2.29. The topological polar surface area (TPSA) is 47.6 Å². The molecule has 2 aromatic rings. The number of amides is 1. The van der Waals surface area contributed by atoms with Crippen molar-refractivity contribution in [3.63, 3.8) is 0 Å². The summed E-state index contributed by atoms with van der Waals surface area (Å²) in [6, 6.07) is 12.7. The van der Waals surface area contributed by atoms with Crippen molar-refractivity contribution >= 4 is 27.5 Å². The predicted molar refractivity (Wildman–Crippen MR) is 100 cm³/mol. The quantitative estimate of drug-likeness (QED) is 0.622. The van der Waals surface area contributed by atoms with Crippen molar-refractivity contribution in [2.45, 2.75) is 26.7 Å². The molecule has 0 unspecified atom stereocenters. The van der Waals surface area contributed by atoms with Gasteiger partial charge in [-0.05, 0) is 55.8 Å². The molecule has 0 spiro atoms. The van der Waals surface area contributed by atoms with E-state index in [-0.39, 0.29) is 5.91 Å². The van der Waals surface area contributed by atoms with Gasteiger partial charge in [-0.25, -0.2) is 0 Å². The molecule has 1 N–H and O–H groups in total. The van der Waals surface area contributed by atoms with Gasteiger partial charge in [0.25, 0.3) is 5.91 Å². The number of anilines is 1. The molecule has 5 heteroatoms. The summed E-state index contributed by atoms with van der Waals surface area (Å²) in [5.74, 6) is 1.08. The molecule has 0 radical (unpaired) electrons. The van der Waals surface area contributed by atoms with Gasteiger partial charge < -0.3 is 14.8 Å². The van der Waals surface area contributed by atoms with Gasteiger partial charge in [-0.3, -0.25) is 4.79 Å². The molecule has 0 aliphatic carbocycles. The third kappa shape index (κ3) is 5.27. The van der Waals surface area contributed by atoms with E-state index in [0.717, 1.165) is 23.0 Å². The molecule has 0 fully saturated rings. The van der Waals surface area contributed by atoms with Crippen LogP contribution in [0.25, 0.3) is 0 Å². The average molecular weight is 392 g/mol. The highest BCUT2D eigenvalue weighted by Gasteiger charge is 2.12. The molecule has 128 valence electrons. The SMILES string of the molecule is CCCCOc1ccc(C(=O)Nc2ccc(Br)cc2)cc1OCC. The number of ether oxygens (including phenoxy) is 2. The number of rotatable bonds is 8. The second-order valence-electron chi connectivity index (χ2n) is 5.26. The fourth-order valence-corrected chi connectivity index (χ4v) is 2.36. The number of halogens is 1. The summed E-state index contributed by atoms with van der Waals surface area (Å²) >= 11 is 3.37. The van der Waals surface area contributed by atoms with Crippen molar-refractivity contribution in [2.24, 2.45) is 0 Å².